The molecule has 3 unspecified atom stereocenters. The molecule has 3 atom stereocenters. The van der Waals surface area contributed by atoms with Gasteiger partial charge in [0.05, 0.1) is 0 Å². The van der Waals surface area contributed by atoms with Crippen LogP contribution in [0.25, 0.3) is 0 Å². The Balaban J connectivity index is 1.96. The monoisotopic (exact) mass is 306 g/mol. The van der Waals surface area contributed by atoms with Crippen LogP contribution in [0.2, 0.25) is 0 Å². The lowest BCUT2D eigenvalue weighted by Crippen LogP contribution is -2.52. The van der Waals surface area contributed by atoms with E-state index in [2.05, 4.69) is 13.8 Å². The molecule has 120 valence electrons. The molecule has 0 aromatic carbocycles. The van der Waals surface area contributed by atoms with Crippen LogP contribution < -0.4 is 5.32 Å². The molecule has 2 fully saturated rings. The Bertz CT molecular complexity index is 434. The molecule has 21 heavy (non-hydrogen) atoms. The minimum absolute atomic E-state index is 0.218. The van der Waals surface area contributed by atoms with Crippen molar-refractivity contribution in [1.82, 2.24) is 10.2 Å². The van der Waals surface area contributed by atoms with E-state index in [1.807, 2.05) is 5.32 Å². The van der Waals surface area contributed by atoms with Crippen molar-refractivity contribution in [3.05, 3.63) is 0 Å². The molecule has 1 saturated carbocycles. The van der Waals surface area contributed by atoms with Crippen LogP contribution in [0.3, 0.4) is 0 Å². The molecule has 4 nitrogen and oxygen atoms in total. The number of nitrogens with zero attached hydrogens (tertiary/aromatic N) is 1. The number of carbonyl (C=O) groups is 2. The highest BCUT2D eigenvalue weighted by atomic mass is 19.4. The summed E-state index contributed by atoms with van der Waals surface area (Å²) < 4.78 is 37.0. The molecule has 1 aliphatic carbocycles. The summed E-state index contributed by atoms with van der Waals surface area (Å²) in [5.41, 5.74) is 0.228. The van der Waals surface area contributed by atoms with Crippen LogP contribution in [0.15, 0.2) is 0 Å². The molecule has 1 saturated heterocycles. The number of amides is 2. The summed E-state index contributed by atoms with van der Waals surface area (Å²) in [5.74, 6) is -1.57. The van der Waals surface area contributed by atoms with Gasteiger partial charge in [0.1, 0.15) is 6.04 Å². The van der Waals surface area contributed by atoms with Gasteiger partial charge < -0.3 is 10.2 Å². The van der Waals surface area contributed by atoms with Gasteiger partial charge in [-0.05, 0) is 23.7 Å². The highest BCUT2D eigenvalue weighted by molar-refractivity contribution is 5.90. The number of halogens is 3. The number of nitrogens with one attached hydrogen (secondary N) is 1. The standard InChI is InChI=1S/C14H21F3N2O2/c1-4-5-10(18-12(21)14(15,16)17)11(20)19-6-8-9(7-19)13(8,2)3/h8-10H,4-7H2,1-3H3,(H,18,21). The molecular formula is C14H21F3N2O2. The van der Waals surface area contributed by atoms with E-state index in [0.717, 1.165) is 0 Å². The van der Waals surface area contributed by atoms with E-state index in [9.17, 15) is 22.8 Å². The summed E-state index contributed by atoms with van der Waals surface area (Å²) in [7, 11) is 0. The Kier molecular flexibility index (Phi) is 3.97. The van der Waals surface area contributed by atoms with Crippen molar-refractivity contribution in [1.29, 1.82) is 0 Å². The van der Waals surface area contributed by atoms with Crippen molar-refractivity contribution in [2.75, 3.05) is 13.1 Å². The number of likely N-dealkylation sites (tertiary alicyclic amines) is 1. The first-order chi connectivity index (χ1) is 9.59. The summed E-state index contributed by atoms with van der Waals surface area (Å²) >= 11 is 0. The molecule has 2 rings (SSSR count). The molecule has 0 radical (unpaired) electrons. The maximum absolute atomic E-state index is 12.3. The predicted octanol–water partition coefficient (Wildman–Crippen LogP) is 1.95. The second-order valence-corrected chi connectivity index (χ2v) is 6.59. The normalized spacial score (nSPS) is 28.0. The van der Waals surface area contributed by atoms with Crippen molar-refractivity contribution in [2.45, 2.75) is 45.8 Å². The Labute approximate surface area is 122 Å². The average molecular weight is 306 g/mol. The Hall–Kier alpha value is -1.27. The summed E-state index contributed by atoms with van der Waals surface area (Å²) in [6, 6.07) is -1.08. The molecule has 1 aliphatic heterocycles. The summed E-state index contributed by atoms with van der Waals surface area (Å²) in [6.45, 7) is 7.21. The van der Waals surface area contributed by atoms with Crippen LogP contribution >= 0.6 is 0 Å². The predicted molar refractivity (Wildman–Crippen MR) is 70.2 cm³/mol. The Morgan fingerprint density at radius 2 is 1.81 bits per heavy atom. The third-order valence-electron chi connectivity index (χ3n) is 4.87. The van der Waals surface area contributed by atoms with Gasteiger partial charge in [0.15, 0.2) is 0 Å². The minimum Gasteiger partial charge on any atom is -0.340 e. The third-order valence-corrected chi connectivity index (χ3v) is 4.87. The Morgan fingerprint density at radius 1 is 1.29 bits per heavy atom. The van der Waals surface area contributed by atoms with Crippen LogP contribution in [-0.4, -0.2) is 42.0 Å². The first-order valence-electron chi connectivity index (χ1n) is 7.25. The molecule has 0 spiro atoms. The third kappa shape index (κ3) is 3.01. The fraction of sp³-hybridized carbons (Fsp3) is 0.857. The summed E-state index contributed by atoms with van der Waals surface area (Å²) in [5, 5.41) is 1.83. The van der Waals surface area contributed by atoms with E-state index < -0.39 is 24.0 Å². The van der Waals surface area contributed by atoms with Gasteiger partial charge in [-0.15, -0.1) is 0 Å². The molecule has 2 aliphatic rings. The van der Waals surface area contributed by atoms with Gasteiger partial charge in [0, 0.05) is 13.1 Å². The first-order valence-corrected chi connectivity index (χ1v) is 7.25. The van der Waals surface area contributed by atoms with Gasteiger partial charge >= 0.3 is 12.1 Å². The molecule has 2 amide bonds. The van der Waals surface area contributed by atoms with Crippen molar-refractivity contribution < 1.29 is 22.8 Å². The summed E-state index contributed by atoms with van der Waals surface area (Å²) in [6.07, 6.45) is -4.21. The Morgan fingerprint density at radius 3 is 2.24 bits per heavy atom. The molecule has 1 heterocycles. The van der Waals surface area contributed by atoms with Gasteiger partial charge in [0.25, 0.3) is 0 Å². The van der Waals surface area contributed by atoms with Crippen LogP contribution in [0.1, 0.15) is 33.6 Å². The lowest BCUT2D eigenvalue weighted by atomic mass is 10.0. The highest BCUT2D eigenvalue weighted by Gasteiger charge is 2.62. The zero-order valence-corrected chi connectivity index (χ0v) is 12.5. The SMILES string of the molecule is CCCC(NC(=O)C(F)(F)F)C(=O)N1CC2C(C1)C2(C)C. The van der Waals surface area contributed by atoms with Crippen LogP contribution in [0.5, 0.6) is 0 Å². The molecule has 0 aromatic rings. The second kappa shape index (κ2) is 5.18. The highest BCUT2D eigenvalue weighted by Crippen LogP contribution is 2.61. The van der Waals surface area contributed by atoms with Crippen molar-refractivity contribution >= 4 is 11.8 Å². The van der Waals surface area contributed by atoms with Gasteiger partial charge in [-0.3, -0.25) is 9.59 Å². The van der Waals surface area contributed by atoms with E-state index in [4.69, 9.17) is 0 Å². The van der Waals surface area contributed by atoms with Gasteiger partial charge in [0.2, 0.25) is 5.91 Å². The fourth-order valence-corrected chi connectivity index (χ4v) is 3.32. The maximum atomic E-state index is 12.3. The van der Waals surface area contributed by atoms with Crippen LogP contribution in [-0.2, 0) is 9.59 Å². The van der Waals surface area contributed by atoms with Gasteiger partial charge in [-0.25, -0.2) is 0 Å². The second-order valence-electron chi connectivity index (χ2n) is 6.59. The topological polar surface area (TPSA) is 49.4 Å². The van der Waals surface area contributed by atoms with Crippen LogP contribution in [0, 0.1) is 17.3 Å². The molecule has 0 bridgehead atoms. The van der Waals surface area contributed by atoms with Crippen molar-refractivity contribution in [2.24, 2.45) is 17.3 Å². The zero-order valence-electron chi connectivity index (χ0n) is 12.5. The molecular weight excluding hydrogens is 285 g/mol. The fourth-order valence-electron chi connectivity index (χ4n) is 3.32. The average Bonchev–Trinajstić information content (AvgIpc) is 2.78. The zero-order chi connectivity index (χ0) is 16.0. The number of alkyl halides is 3. The number of fused-ring (bicyclic) bond motifs is 1. The first kappa shape index (κ1) is 16.1. The molecule has 0 aromatic heterocycles. The number of carbonyl (C=O) groups excluding carboxylic acids is 2. The van der Waals surface area contributed by atoms with E-state index in [0.29, 0.717) is 31.3 Å². The number of piperidine rings is 1. The maximum Gasteiger partial charge on any atom is 0.471 e. The van der Waals surface area contributed by atoms with Crippen molar-refractivity contribution in [3.63, 3.8) is 0 Å². The van der Waals surface area contributed by atoms with E-state index >= 15 is 0 Å². The number of rotatable bonds is 4. The van der Waals surface area contributed by atoms with Gasteiger partial charge in [-0.2, -0.15) is 13.2 Å². The van der Waals surface area contributed by atoms with E-state index in [1.165, 1.54) is 0 Å². The molecule has 1 N–H and O–H groups in total. The summed E-state index contributed by atoms with van der Waals surface area (Å²) in [4.78, 5) is 25.0. The number of hydrogen-bond acceptors (Lipinski definition) is 2. The molecule has 7 heteroatoms. The smallest absolute Gasteiger partial charge is 0.340 e. The minimum atomic E-state index is -4.96. The van der Waals surface area contributed by atoms with E-state index in [1.54, 1.807) is 11.8 Å². The van der Waals surface area contributed by atoms with E-state index in [-0.39, 0.29) is 11.8 Å². The van der Waals surface area contributed by atoms with Crippen molar-refractivity contribution in [3.8, 4) is 0 Å². The quantitative estimate of drug-likeness (QED) is 0.863. The van der Waals surface area contributed by atoms with Crippen LogP contribution in [0.4, 0.5) is 13.2 Å². The van der Waals surface area contributed by atoms with Gasteiger partial charge in [-0.1, -0.05) is 27.2 Å². The number of hydrogen-bond donors (Lipinski definition) is 1. The lowest BCUT2D eigenvalue weighted by Gasteiger charge is -2.27. The lowest BCUT2D eigenvalue weighted by molar-refractivity contribution is -0.175. The largest absolute Gasteiger partial charge is 0.471 e.